The van der Waals surface area contributed by atoms with Gasteiger partial charge >= 0.3 is 0 Å². The lowest BCUT2D eigenvalue weighted by molar-refractivity contribution is 0.479. The Bertz CT molecular complexity index is 491. The number of nitrogens with zero attached hydrogens (tertiary/aromatic N) is 4. The van der Waals surface area contributed by atoms with Gasteiger partial charge < -0.3 is 14.7 Å². The van der Waals surface area contributed by atoms with Crippen molar-refractivity contribution in [2.75, 3.05) is 46.2 Å². The van der Waals surface area contributed by atoms with Crippen molar-refractivity contribution in [1.82, 2.24) is 9.80 Å². The fourth-order valence-electron chi connectivity index (χ4n) is 2.39. The van der Waals surface area contributed by atoms with E-state index in [2.05, 4.69) is 41.3 Å². The van der Waals surface area contributed by atoms with Gasteiger partial charge in [-0.1, -0.05) is 24.3 Å². The highest BCUT2D eigenvalue weighted by molar-refractivity contribution is 14.0. The van der Waals surface area contributed by atoms with Gasteiger partial charge in [-0.15, -0.1) is 24.0 Å². The van der Waals surface area contributed by atoms with E-state index in [1.807, 2.05) is 38.0 Å². The second kappa shape index (κ2) is 8.26. The molecule has 0 bridgehead atoms. The smallest absolute Gasteiger partial charge is 0.195 e. The molecule has 2 rings (SSSR count). The van der Waals surface area contributed by atoms with E-state index in [1.165, 1.54) is 11.3 Å². The average molecular weight is 400 g/mol. The van der Waals surface area contributed by atoms with Crippen LogP contribution in [0.1, 0.15) is 5.56 Å². The van der Waals surface area contributed by atoms with Crippen LogP contribution in [0.2, 0.25) is 0 Å². The van der Waals surface area contributed by atoms with Crippen LogP contribution in [0.4, 0.5) is 5.69 Å². The molecule has 0 atom stereocenters. The zero-order valence-electron chi connectivity index (χ0n) is 13.3. The molecule has 1 aliphatic rings. The maximum absolute atomic E-state index is 4.70. The van der Waals surface area contributed by atoms with Gasteiger partial charge in [0.2, 0.25) is 0 Å². The molecule has 0 saturated heterocycles. The number of hydrogen-bond acceptors (Lipinski definition) is 2. The third-order valence-corrected chi connectivity index (χ3v) is 3.30. The molecule has 116 valence electrons. The summed E-state index contributed by atoms with van der Waals surface area (Å²) in [5.41, 5.74) is 2.52. The molecule has 0 unspecified atom stereocenters. The molecule has 0 saturated carbocycles. The first kappa shape index (κ1) is 17.8. The highest BCUT2D eigenvalue weighted by atomic mass is 127. The number of anilines is 1. The van der Waals surface area contributed by atoms with Crippen LogP contribution >= 0.6 is 24.0 Å². The molecule has 0 N–H and O–H groups in total. The second-order valence-corrected chi connectivity index (χ2v) is 5.45. The molecule has 0 aliphatic carbocycles. The van der Waals surface area contributed by atoms with Crippen LogP contribution in [-0.4, -0.2) is 57.0 Å². The van der Waals surface area contributed by atoms with Gasteiger partial charge in [-0.3, -0.25) is 0 Å². The number of guanidine groups is 1. The van der Waals surface area contributed by atoms with E-state index in [4.69, 9.17) is 4.99 Å². The third-order valence-electron chi connectivity index (χ3n) is 3.30. The lowest BCUT2D eigenvalue weighted by Crippen LogP contribution is -2.35. The van der Waals surface area contributed by atoms with Crippen molar-refractivity contribution in [2.45, 2.75) is 6.54 Å². The Kier molecular flexibility index (Phi) is 7.01. The molecule has 0 amide bonds. The quantitative estimate of drug-likeness (QED) is 0.337. The van der Waals surface area contributed by atoms with Gasteiger partial charge in [-0.2, -0.15) is 0 Å². The van der Waals surface area contributed by atoms with E-state index < -0.39 is 0 Å². The molecule has 21 heavy (non-hydrogen) atoms. The largest absolute Gasteiger partial charge is 0.364 e. The Morgan fingerprint density at radius 2 is 1.71 bits per heavy atom. The Balaban J connectivity index is 0.00000220. The van der Waals surface area contributed by atoms with Gasteiger partial charge in [0.1, 0.15) is 0 Å². The van der Waals surface area contributed by atoms with Gasteiger partial charge in [0, 0.05) is 47.0 Å². The van der Waals surface area contributed by atoms with Crippen molar-refractivity contribution >= 4 is 35.6 Å². The van der Waals surface area contributed by atoms with Gasteiger partial charge in [0.05, 0.1) is 6.54 Å². The third kappa shape index (κ3) is 4.91. The standard InChI is InChI=1S/C16H24N4.HI/c1-18(2)16(19(3)4)17-13-14-8-7-9-15(12-14)20-10-5-6-11-20;/h5-9,12H,10-11,13H2,1-4H3;1H. The first-order chi connectivity index (χ1) is 9.58. The maximum Gasteiger partial charge on any atom is 0.195 e. The lowest BCUT2D eigenvalue weighted by Gasteiger charge is -2.23. The molecule has 0 radical (unpaired) electrons. The van der Waals surface area contributed by atoms with Gasteiger partial charge in [-0.25, -0.2) is 4.99 Å². The van der Waals surface area contributed by atoms with E-state index >= 15 is 0 Å². The fraction of sp³-hybridized carbons (Fsp3) is 0.438. The van der Waals surface area contributed by atoms with E-state index in [1.54, 1.807) is 0 Å². The van der Waals surface area contributed by atoms with Crippen molar-refractivity contribution in [2.24, 2.45) is 4.99 Å². The van der Waals surface area contributed by atoms with E-state index in [9.17, 15) is 0 Å². The van der Waals surface area contributed by atoms with Crippen LogP contribution in [0.5, 0.6) is 0 Å². The molecule has 0 fully saturated rings. The fourth-order valence-corrected chi connectivity index (χ4v) is 2.39. The molecule has 4 nitrogen and oxygen atoms in total. The summed E-state index contributed by atoms with van der Waals surface area (Å²) in [4.78, 5) is 11.1. The number of hydrogen-bond donors (Lipinski definition) is 0. The van der Waals surface area contributed by atoms with Crippen molar-refractivity contribution in [3.05, 3.63) is 42.0 Å². The summed E-state index contributed by atoms with van der Waals surface area (Å²) < 4.78 is 0. The van der Waals surface area contributed by atoms with E-state index in [-0.39, 0.29) is 24.0 Å². The normalized spacial score (nSPS) is 12.9. The Labute approximate surface area is 145 Å². The molecular formula is C16H25IN4. The average Bonchev–Trinajstić information content (AvgIpc) is 2.92. The summed E-state index contributed by atoms with van der Waals surface area (Å²) >= 11 is 0. The molecule has 1 heterocycles. The SMILES string of the molecule is CN(C)C(=NCc1cccc(N2CC=CC2)c1)N(C)C.I. The maximum atomic E-state index is 4.70. The highest BCUT2D eigenvalue weighted by Gasteiger charge is 2.08. The van der Waals surface area contributed by atoms with Crippen LogP contribution < -0.4 is 4.90 Å². The highest BCUT2D eigenvalue weighted by Crippen LogP contribution is 2.19. The van der Waals surface area contributed by atoms with Crippen LogP contribution in [0, 0.1) is 0 Å². The Hall–Kier alpha value is -1.24. The van der Waals surface area contributed by atoms with Crippen LogP contribution in [0.3, 0.4) is 0 Å². The number of benzene rings is 1. The minimum atomic E-state index is 0. The van der Waals surface area contributed by atoms with Gasteiger partial charge in [0.15, 0.2) is 5.96 Å². The van der Waals surface area contributed by atoms with E-state index in [0.29, 0.717) is 6.54 Å². The second-order valence-electron chi connectivity index (χ2n) is 5.45. The first-order valence-corrected chi connectivity index (χ1v) is 6.96. The summed E-state index contributed by atoms with van der Waals surface area (Å²) in [6, 6.07) is 8.65. The predicted molar refractivity (Wildman–Crippen MR) is 102 cm³/mol. The minimum Gasteiger partial charge on any atom is -0.364 e. The zero-order chi connectivity index (χ0) is 14.5. The summed E-state index contributed by atoms with van der Waals surface area (Å²) in [6.45, 7) is 2.72. The number of halogens is 1. The molecule has 0 aromatic heterocycles. The minimum absolute atomic E-state index is 0. The predicted octanol–water partition coefficient (Wildman–Crippen LogP) is 2.66. The van der Waals surface area contributed by atoms with Crippen molar-refractivity contribution in [1.29, 1.82) is 0 Å². The van der Waals surface area contributed by atoms with Gasteiger partial charge in [0.25, 0.3) is 0 Å². The van der Waals surface area contributed by atoms with Crippen LogP contribution in [-0.2, 0) is 6.54 Å². The van der Waals surface area contributed by atoms with Crippen LogP contribution in [0.25, 0.3) is 0 Å². The molecule has 5 heteroatoms. The zero-order valence-corrected chi connectivity index (χ0v) is 15.6. The van der Waals surface area contributed by atoms with Gasteiger partial charge in [-0.05, 0) is 17.7 Å². The topological polar surface area (TPSA) is 22.1 Å². The summed E-state index contributed by atoms with van der Waals surface area (Å²) in [7, 11) is 8.08. The van der Waals surface area contributed by atoms with Crippen LogP contribution in [0.15, 0.2) is 41.4 Å². The van der Waals surface area contributed by atoms with Crippen molar-refractivity contribution in [3.63, 3.8) is 0 Å². The number of rotatable bonds is 3. The van der Waals surface area contributed by atoms with E-state index in [0.717, 1.165) is 19.0 Å². The lowest BCUT2D eigenvalue weighted by atomic mass is 10.2. The first-order valence-electron chi connectivity index (χ1n) is 6.96. The molecule has 1 aliphatic heterocycles. The van der Waals surface area contributed by atoms with Crippen molar-refractivity contribution < 1.29 is 0 Å². The number of aliphatic imine (C=N–C) groups is 1. The summed E-state index contributed by atoms with van der Waals surface area (Å²) in [6.07, 6.45) is 4.42. The molecular weight excluding hydrogens is 375 g/mol. The molecule has 1 aromatic carbocycles. The monoisotopic (exact) mass is 400 g/mol. The molecule has 1 aromatic rings. The summed E-state index contributed by atoms with van der Waals surface area (Å²) in [5, 5.41) is 0. The molecule has 0 spiro atoms. The Morgan fingerprint density at radius 3 is 2.29 bits per heavy atom. The van der Waals surface area contributed by atoms with Crippen molar-refractivity contribution in [3.8, 4) is 0 Å². The Morgan fingerprint density at radius 1 is 1.10 bits per heavy atom. The summed E-state index contributed by atoms with van der Waals surface area (Å²) in [5.74, 6) is 0.984.